The largest absolute Gasteiger partial charge is 0.314 e. The van der Waals surface area contributed by atoms with E-state index in [0.717, 1.165) is 54.6 Å². The van der Waals surface area contributed by atoms with Gasteiger partial charge in [0, 0.05) is 43.5 Å². The van der Waals surface area contributed by atoms with Gasteiger partial charge in [0.05, 0.1) is 11.3 Å². The first kappa shape index (κ1) is 22.6. The molecule has 1 unspecified atom stereocenters. The zero-order valence-corrected chi connectivity index (χ0v) is 20.8. The van der Waals surface area contributed by atoms with Crippen LogP contribution in [-0.4, -0.2) is 53.8 Å². The molecule has 1 spiro atoms. The van der Waals surface area contributed by atoms with E-state index in [9.17, 15) is 14.4 Å². The van der Waals surface area contributed by atoms with Crippen molar-refractivity contribution < 1.29 is 14.4 Å². The molecular formula is C30H30N4O3. The van der Waals surface area contributed by atoms with Gasteiger partial charge in [0.1, 0.15) is 6.04 Å². The van der Waals surface area contributed by atoms with E-state index >= 15 is 0 Å². The van der Waals surface area contributed by atoms with Crippen molar-refractivity contribution in [1.82, 2.24) is 15.5 Å². The van der Waals surface area contributed by atoms with Crippen LogP contribution in [-0.2, 0) is 22.6 Å². The first-order valence-electron chi connectivity index (χ1n) is 13.3. The Balaban J connectivity index is 1.12. The molecule has 2 saturated heterocycles. The third-order valence-corrected chi connectivity index (χ3v) is 8.56. The Morgan fingerprint density at radius 3 is 2.54 bits per heavy atom. The highest BCUT2D eigenvalue weighted by Crippen LogP contribution is 2.43. The van der Waals surface area contributed by atoms with E-state index < -0.39 is 11.9 Å². The molecule has 7 rings (SSSR count). The van der Waals surface area contributed by atoms with Gasteiger partial charge in [-0.05, 0) is 59.9 Å². The molecule has 3 aromatic carbocycles. The van der Waals surface area contributed by atoms with Crippen molar-refractivity contribution in [3.63, 3.8) is 0 Å². The predicted molar refractivity (Wildman–Crippen MR) is 141 cm³/mol. The Kier molecular flexibility index (Phi) is 5.20. The van der Waals surface area contributed by atoms with Crippen molar-refractivity contribution in [3.8, 4) is 0 Å². The lowest BCUT2D eigenvalue weighted by Crippen LogP contribution is -2.53. The quantitative estimate of drug-likeness (QED) is 0.533. The number of nitrogens with zero attached hydrogens (tertiary/aromatic N) is 2. The number of rotatable bonds is 5. The predicted octanol–water partition coefficient (Wildman–Crippen LogP) is 3.13. The molecular weight excluding hydrogens is 464 g/mol. The Morgan fingerprint density at radius 2 is 1.76 bits per heavy atom. The van der Waals surface area contributed by atoms with Gasteiger partial charge in [-0.15, -0.1) is 0 Å². The van der Waals surface area contributed by atoms with Crippen molar-refractivity contribution in [2.75, 3.05) is 24.5 Å². The number of nitrogens with one attached hydrogen (secondary N) is 2. The normalized spacial score (nSPS) is 22.6. The summed E-state index contributed by atoms with van der Waals surface area (Å²) in [5, 5.41) is 7.82. The fourth-order valence-corrected chi connectivity index (χ4v) is 6.41. The standard InChI is InChI=1S/C30H30N4O3/c35-26-9-8-25(28(36)32-26)34-24-3-1-2-22-15-21(16-23(27(22)24)29(34)37)14-19-4-6-20(7-5-19)17-33-13-12-31-18-30(33)10-11-30/h1-7,15-16,25,31H,8-14,17-18H2,(H,32,35,36). The zero-order chi connectivity index (χ0) is 25.1. The van der Waals surface area contributed by atoms with Crippen LogP contribution in [0.2, 0.25) is 0 Å². The summed E-state index contributed by atoms with van der Waals surface area (Å²) in [6.45, 7) is 4.27. The number of hydrogen-bond donors (Lipinski definition) is 2. The molecule has 0 aromatic heterocycles. The number of hydrogen-bond acceptors (Lipinski definition) is 5. The Morgan fingerprint density at radius 1 is 0.946 bits per heavy atom. The van der Waals surface area contributed by atoms with Crippen LogP contribution in [0.5, 0.6) is 0 Å². The average molecular weight is 495 g/mol. The summed E-state index contributed by atoms with van der Waals surface area (Å²) in [6.07, 6.45) is 3.91. The number of piperazine rings is 1. The third kappa shape index (κ3) is 3.85. The minimum atomic E-state index is -0.662. The monoisotopic (exact) mass is 494 g/mol. The van der Waals surface area contributed by atoms with Crippen LogP contribution >= 0.6 is 0 Å². The van der Waals surface area contributed by atoms with Crippen LogP contribution in [0, 0.1) is 0 Å². The summed E-state index contributed by atoms with van der Waals surface area (Å²) in [5.74, 6) is -0.844. The Hall–Kier alpha value is -3.55. The topological polar surface area (TPSA) is 81.8 Å². The smallest absolute Gasteiger partial charge is 0.259 e. The number of piperidine rings is 1. The highest BCUT2D eigenvalue weighted by Gasteiger charge is 2.48. The van der Waals surface area contributed by atoms with Crippen molar-refractivity contribution in [2.45, 2.75) is 50.2 Å². The lowest BCUT2D eigenvalue weighted by atomic mass is 9.97. The summed E-state index contributed by atoms with van der Waals surface area (Å²) in [6, 6.07) is 18.2. The third-order valence-electron chi connectivity index (χ3n) is 8.56. The van der Waals surface area contributed by atoms with Crippen molar-refractivity contribution in [3.05, 3.63) is 76.9 Å². The second-order valence-electron chi connectivity index (χ2n) is 11.0. The van der Waals surface area contributed by atoms with Gasteiger partial charge in [0.2, 0.25) is 11.8 Å². The molecule has 0 bridgehead atoms. The molecule has 188 valence electrons. The number of anilines is 1. The fraction of sp³-hybridized carbons (Fsp3) is 0.367. The highest BCUT2D eigenvalue weighted by atomic mass is 16.2. The second kappa shape index (κ2) is 8.50. The van der Waals surface area contributed by atoms with Crippen LogP contribution < -0.4 is 15.5 Å². The number of carbonyl (C=O) groups excluding carboxylic acids is 3. The van der Waals surface area contributed by atoms with E-state index in [4.69, 9.17) is 0 Å². The molecule has 2 N–H and O–H groups in total. The van der Waals surface area contributed by atoms with Crippen molar-refractivity contribution in [1.29, 1.82) is 0 Å². The summed E-state index contributed by atoms with van der Waals surface area (Å²) in [7, 11) is 0. The summed E-state index contributed by atoms with van der Waals surface area (Å²) < 4.78 is 0. The summed E-state index contributed by atoms with van der Waals surface area (Å²) in [4.78, 5) is 42.0. The maximum Gasteiger partial charge on any atom is 0.259 e. The minimum Gasteiger partial charge on any atom is -0.314 e. The van der Waals surface area contributed by atoms with E-state index in [1.807, 2.05) is 24.3 Å². The minimum absolute atomic E-state index is 0.164. The molecule has 1 saturated carbocycles. The molecule has 3 heterocycles. The molecule has 0 radical (unpaired) electrons. The van der Waals surface area contributed by atoms with Gasteiger partial charge in [-0.3, -0.25) is 29.5 Å². The van der Waals surface area contributed by atoms with Gasteiger partial charge in [-0.1, -0.05) is 42.5 Å². The van der Waals surface area contributed by atoms with E-state index in [1.165, 1.54) is 24.0 Å². The zero-order valence-electron chi connectivity index (χ0n) is 20.8. The van der Waals surface area contributed by atoms with Crippen LogP contribution in [0.3, 0.4) is 0 Å². The first-order valence-corrected chi connectivity index (χ1v) is 13.3. The van der Waals surface area contributed by atoms with Gasteiger partial charge in [0.25, 0.3) is 5.91 Å². The first-order chi connectivity index (χ1) is 18.0. The van der Waals surface area contributed by atoms with Gasteiger partial charge >= 0.3 is 0 Å². The molecule has 3 amide bonds. The molecule has 1 aliphatic carbocycles. The number of carbonyl (C=O) groups is 3. The molecule has 7 nitrogen and oxygen atoms in total. The SMILES string of the molecule is O=C1CCC(N2C(=O)c3cc(Cc4ccc(CN5CCNCC56CC6)cc4)cc4cccc2c34)C(=O)N1. The number of amides is 3. The molecule has 7 heteroatoms. The summed E-state index contributed by atoms with van der Waals surface area (Å²) >= 11 is 0. The molecule has 1 atom stereocenters. The second-order valence-corrected chi connectivity index (χ2v) is 11.0. The lowest BCUT2D eigenvalue weighted by molar-refractivity contribution is -0.134. The van der Waals surface area contributed by atoms with Crippen molar-refractivity contribution in [2.24, 2.45) is 0 Å². The van der Waals surface area contributed by atoms with Gasteiger partial charge in [-0.25, -0.2) is 0 Å². The molecule has 3 fully saturated rings. The highest BCUT2D eigenvalue weighted by molar-refractivity contribution is 6.27. The number of benzene rings is 3. The molecule has 4 aliphatic rings. The van der Waals surface area contributed by atoms with E-state index in [2.05, 4.69) is 45.9 Å². The Bertz CT molecular complexity index is 1440. The lowest BCUT2D eigenvalue weighted by Gasteiger charge is -2.36. The van der Waals surface area contributed by atoms with Crippen LogP contribution in [0.1, 0.15) is 52.7 Å². The van der Waals surface area contributed by atoms with Crippen molar-refractivity contribution >= 4 is 34.2 Å². The summed E-state index contributed by atoms with van der Waals surface area (Å²) in [5.41, 5.74) is 5.40. The number of imide groups is 1. The molecule has 37 heavy (non-hydrogen) atoms. The Labute approximate surface area is 215 Å². The van der Waals surface area contributed by atoms with E-state index in [1.54, 1.807) is 4.90 Å². The molecule has 3 aliphatic heterocycles. The van der Waals surface area contributed by atoms with E-state index in [-0.39, 0.29) is 18.2 Å². The van der Waals surface area contributed by atoms with Gasteiger partial charge < -0.3 is 5.32 Å². The average Bonchev–Trinajstić information content (AvgIpc) is 3.61. The van der Waals surface area contributed by atoms with Gasteiger partial charge in [0.15, 0.2) is 0 Å². The van der Waals surface area contributed by atoms with Crippen LogP contribution in [0.4, 0.5) is 5.69 Å². The van der Waals surface area contributed by atoms with E-state index in [0.29, 0.717) is 17.5 Å². The van der Waals surface area contributed by atoms with Crippen LogP contribution in [0.25, 0.3) is 10.8 Å². The maximum atomic E-state index is 13.6. The fourth-order valence-electron chi connectivity index (χ4n) is 6.41. The van der Waals surface area contributed by atoms with Crippen LogP contribution in [0.15, 0.2) is 54.6 Å². The molecule has 3 aromatic rings. The van der Waals surface area contributed by atoms with Gasteiger partial charge in [-0.2, -0.15) is 0 Å². The maximum absolute atomic E-state index is 13.6.